The summed E-state index contributed by atoms with van der Waals surface area (Å²) >= 11 is 5.90. The summed E-state index contributed by atoms with van der Waals surface area (Å²) in [6, 6.07) is 24.4. The molecule has 1 heterocycles. The number of rotatable bonds is 10. The highest BCUT2D eigenvalue weighted by molar-refractivity contribution is 6.30. The van der Waals surface area contributed by atoms with Gasteiger partial charge in [0.1, 0.15) is 17.2 Å². The smallest absolute Gasteiger partial charge is 0.280 e. The predicted octanol–water partition coefficient (Wildman–Crippen LogP) is 5.90. The molecule has 1 N–H and O–H groups in total. The highest BCUT2D eigenvalue weighted by atomic mass is 35.5. The van der Waals surface area contributed by atoms with Crippen LogP contribution < -0.4 is 14.9 Å². The van der Waals surface area contributed by atoms with Crippen molar-refractivity contribution in [2.45, 2.75) is 26.4 Å². The maximum Gasteiger partial charge on any atom is 0.280 e. The van der Waals surface area contributed by atoms with Crippen LogP contribution in [0.15, 0.2) is 90.2 Å². The molecule has 0 saturated carbocycles. The van der Waals surface area contributed by atoms with Crippen molar-refractivity contribution in [2.24, 2.45) is 5.10 Å². The summed E-state index contributed by atoms with van der Waals surface area (Å²) in [6.45, 7) is 4.39. The normalized spacial score (nSPS) is 11.9. The fourth-order valence-electron chi connectivity index (χ4n) is 3.38. The van der Waals surface area contributed by atoms with Gasteiger partial charge in [0, 0.05) is 22.3 Å². The Labute approximate surface area is 215 Å². The van der Waals surface area contributed by atoms with Gasteiger partial charge in [0.25, 0.3) is 5.91 Å². The van der Waals surface area contributed by atoms with E-state index in [1.165, 1.54) is 0 Å². The third-order valence-electron chi connectivity index (χ3n) is 5.24. The van der Waals surface area contributed by atoms with Gasteiger partial charge in [-0.05, 0) is 74.0 Å². The Hall–Kier alpha value is -4.10. The van der Waals surface area contributed by atoms with Gasteiger partial charge in [-0.15, -0.1) is 0 Å². The third-order valence-corrected chi connectivity index (χ3v) is 5.49. The molecular formula is C28H27ClN4O3. The van der Waals surface area contributed by atoms with Gasteiger partial charge in [-0.1, -0.05) is 36.7 Å². The molecule has 4 rings (SSSR count). The van der Waals surface area contributed by atoms with Crippen molar-refractivity contribution < 1.29 is 14.3 Å². The molecule has 0 aliphatic rings. The van der Waals surface area contributed by atoms with Crippen molar-refractivity contribution in [3.8, 4) is 28.4 Å². The van der Waals surface area contributed by atoms with Crippen molar-refractivity contribution in [3.63, 3.8) is 0 Å². The van der Waals surface area contributed by atoms with Crippen LogP contribution in [0.3, 0.4) is 0 Å². The summed E-state index contributed by atoms with van der Waals surface area (Å²) < 4.78 is 13.1. The van der Waals surface area contributed by atoms with E-state index in [2.05, 4.69) is 17.5 Å². The molecule has 0 fully saturated rings. The van der Waals surface area contributed by atoms with E-state index in [9.17, 15) is 4.79 Å². The highest BCUT2D eigenvalue weighted by Crippen LogP contribution is 2.25. The SMILES string of the molecule is CCCOc1ccc(-c2nn(-c3ccccc3)cc2/C=N/NC(=O)C(C)Oc2ccc(Cl)cc2)cc1. The van der Waals surface area contributed by atoms with Crippen molar-refractivity contribution in [2.75, 3.05) is 6.61 Å². The number of carbonyl (C=O) groups is 1. The number of hydrogen-bond acceptors (Lipinski definition) is 5. The van der Waals surface area contributed by atoms with Gasteiger partial charge < -0.3 is 9.47 Å². The van der Waals surface area contributed by atoms with Crippen LogP contribution in [-0.4, -0.2) is 34.6 Å². The van der Waals surface area contributed by atoms with Crippen molar-refractivity contribution in [3.05, 3.63) is 95.6 Å². The zero-order valence-electron chi connectivity index (χ0n) is 20.1. The number of halogens is 1. The van der Waals surface area contributed by atoms with Crippen molar-refractivity contribution >= 4 is 23.7 Å². The maximum absolute atomic E-state index is 12.5. The van der Waals surface area contributed by atoms with E-state index in [1.54, 1.807) is 42.1 Å². The summed E-state index contributed by atoms with van der Waals surface area (Å²) in [5.41, 5.74) is 5.83. The monoisotopic (exact) mass is 502 g/mol. The van der Waals surface area contributed by atoms with Gasteiger partial charge >= 0.3 is 0 Å². The molecule has 3 aromatic carbocycles. The maximum atomic E-state index is 12.5. The molecular weight excluding hydrogens is 476 g/mol. The minimum atomic E-state index is -0.745. The van der Waals surface area contributed by atoms with Crippen LogP contribution in [0.5, 0.6) is 11.5 Å². The van der Waals surface area contributed by atoms with Gasteiger partial charge in [-0.3, -0.25) is 4.79 Å². The van der Waals surface area contributed by atoms with E-state index < -0.39 is 6.10 Å². The Morgan fingerprint density at radius 2 is 1.75 bits per heavy atom. The van der Waals surface area contributed by atoms with E-state index in [0.29, 0.717) is 17.4 Å². The number of hydrazone groups is 1. The van der Waals surface area contributed by atoms with Crippen molar-refractivity contribution in [1.29, 1.82) is 0 Å². The first-order valence-corrected chi connectivity index (χ1v) is 12.0. The molecule has 1 unspecified atom stereocenters. The molecule has 184 valence electrons. The molecule has 0 bridgehead atoms. The number of nitrogens with one attached hydrogen (secondary N) is 1. The first-order valence-electron chi connectivity index (χ1n) is 11.7. The molecule has 0 aliphatic heterocycles. The highest BCUT2D eigenvalue weighted by Gasteiger charge is 2.15. The lowest BCUT2D eigenvalue weighted by atomic mass is 10.1. The lowest BCUT2D eigenvalue weighted by Gasteiger charge is -2.12. The lowest BCUT2D eigenvalue weighted by Crippen LogP contribution is -2.33. The number of carbonyl (C=O) groups excluding carboxylic acids is 1. The summed E-state index contributed by atoms with van der Waals surface area (Å²) in [5.74, 6) is 0.972. The first-order chi connectivity index (χ1) is 17.5. The zero-order chi connectivity index (χ0) is 25.3. The topological polar surface area (TPSA) is 77.7 Å². The number of ether oxygens (including phenoxy) is 2. The second-order valence-electron chi connectivity index (χ2n) is 8.03. The largest absolute Gasteiger partial charge is 0.494 e. The fraction of sp³-hybridized carbons (Fsp3) is 0.179. The molecule has 7 nitrogen and oxygen atoms in total. The molecule has 0 aliphatic carbocycles. The second kappa shape index (κ2) is 12.0. The first kappa shape index (κ1) is 25.0. The number of aromatic nitrogens is 2. The number of amides is 1. The zero-order valence-corrected chi connectivity index (χ0v) is 20.9. The average molecular weight is 503 g/mol. The Bertz CT molecular complexity index is 1300. The molecule has 8 heteroatoms. The van der Waals surface area contributed by atoms with Crippen molar-refractivity contribution in [1.82, 2.24) is 15.2 Å². The van der Waals surface area contributed by atoms with Gasteiger partial charge in [-0.2, -0.15) is 10.2 Å². The average Bonchev–Trinajstić information content (AvgIpc) is 3.33. The minimum absolute atomic E-state index is 0.379. The number of nitrogens with zero attached hydrogens (tertiary/aromatic N) is 3. The van der Waals surface area contributed by atoms with E-state index in [0.717, 1.165) is 34.7 Å². The number of benzene rings is 3. The van der Waals surface area contributed by atoms with E-state index >= 15 is 0 Å². The van der Waals surface area contributed by atoms with Crippen LogP contribution >= 0.6 is 11.6 Å². The second-order valence-corrected chi connectivity index (χ2v) is 8.47. The van der Waals surface area contributed by atoms with E-state index in [4.69, 9.17) is 26.2 Å². The summed E-state index contributed by atoms with van der Waals surface area (Å²) in [4.78, 5) is 12.5. The number of para-hydroxylation sites is 1. The molecule has 4 aromatic rings. The lowest BCUT2D eigenvalue weighted by molar-refractivity contribution is -0.127. The van der Waals surface area contributed by atoms with Crippen LogP contribution in [0.2, 0.25) is 5.02 Å². The van der Waals surface area contributed by atoms with Gasteiger partial charge in [0.15, 0.2) is 6.10 Å². The molecule has 0 spiro atoms. The van der Waals surface area contributed by atoms with Crippen LogP contribution in [-0.2, 0) is 4.79 Å². The Kier molecular flexibility index (Phi) is 8.36. The molecule has 1 atom stereocenters. The van der Waals surface area contributed by atoms with Crippen LogP contribution in [0.25, 0.3) is 16.9 Å². The quantitative estimate of drug-likeness (QED) is 0.216. The summed E-state index contributed by atoms with van der Waals surface area (Å²) in [5, 5.41) is 9.54. The van der Waals surface area contributed by atoms with E-state index in [1.807, 2.05) is 60.8 Å². The number of hydrogen-bond donors (Lipinski definition) is 1. The minimum Gasteiger partial charge on any atom is -0.494 e. The van der Waals surface area contributed by atoms with Gasteiger partial charge in [-0.25, -0.2) is 10.1 Å². The van der Waals surface area contributed by atoms with Gasteiger partial charge in [0.05, 0.1) is 18.5 Å². The van der Waals surface area contributed by atoms with Crippen LogP contribution in [0, 0.1) is 0 Å². The molecule has 1 amide bonds. The fourth-order valence-corrected chi connectivity index (χ4v) is 3.50. The van der Waals surface area contributed by atoms with Crippen LogP contribution in [0.1, 0.15) is 25.8 Å². The summed E-state index contributed by atoms with van der Waals surface area (Å²) in [6.07, 6.45) is 3.65. The molecule has 1 aromatic heterocycles. The molecule has 36 heavy (non-hydrogen) atoms. The Morgan fingerprint density at radius 1 is 1.06 bits per heavy atom. The standard InChI is InChI=1S/C28H27ClN4O3/c1-3-17-35-25-13-9-21(10-14-25)27-22(19-33(32-27)24-7-5-4-6-8-24)18-30-31-28(34)20(2)36-26-15-11-23(29)12-16-26/h4-16,18-20H,3,17H2,1-2H3,(H,31,34)/b30-18+. The molecule has 0 saturated heterocycles. The van der Waals surface area contributed by atoms with Gasteiger partial charge in [0.2, 0.25) is 0 Å². The Balaban J connectivity index is 1.51. The Morgan fingerprint density at radius 3 is 2.44 bits per heavy atom. The summed E-state index contributed by atoms with van der Waals surface area (Å²) in [7, 11) is 0. The molecule has 0 radical (unpaired) electrons. The third kappa shape index (κ3) is 6.52. The predicted molar refractivity (Wildman–Crippen MR) is 142 cm³/mol. The van der Waals surface area contributed by atoms with E-state index in [-0.39, 0.29) is 5.91 Å². The van der Waals surface area contributed by atoms with Crippen LogP contribution in [0.4, 0.5) is 0 Å².